The van der Waals surface area contributed by atoms with Crippen LogP contribution in [0.1, 0.15) is 12.0 Å². The van der Waals surface area contributed by atoms with Crippen LogP contribution >= 0.6 is 0 Å². The minimum Gasteiger partial charge on any atom is -0.496 e. The number of nitrogens with two attached hydrogens (primary N) is 5. The fourth-order valence-electron chi connectivity index (χ4n) is 7.09. The normalized spacial score (nSPS) is 45.6. The van der Waals surface area contributed by atoms with Crippen LogP contribution in [0.25, 0.3) is 0 Å². The molecule has 1 aromatic carbocycles. The number of nitrogens with one attached hydrogen (secondary N) is 1. The highest BCUT2D eigenvalue weighted by molar-refractivity contribution is 5.33. The van der Waals surface area contributed by atoms with Crippen molar-refractivity contribution in [2.24, 2.45) is 28.7 Å². The summed E-state index contributed by atoms with van der Waals surface area (Å²) in [5, 5.41) is 78.0. The van der Waals surface area contributed by atoms with Gasteiger partial charge >= 0.3 is 0 Å². The van der Waals surface area contributed by atoms with Crippen molar-refractivity contribution in [3.05, 3.63) is 29.8 Å². The molecular weight excluding hydrogens is 692 g/mol. The van der Waals surface area contributed by atoms with E-state index in [1.165, 1.54) is 0 Å². The van der Waals surface area contributed by atoms with E-state index in [0.29, 0.717) is 13.0 Å². The van der Waals surface area contributed by atoms with E-state index in [2.05, 4.69) is 5.32 Å². The molecule has 1 unspecified atom stereocenters. The summed E-state index contributed by atoms with van der Waals surface area (Å²) in [4.78, 5) is 0. The molecule has 3 heterocycles. The van der Waals surface area contributed by atoms with Gasteiger partial charge in [0.25, 0.3) is 0 Å². The molecule has 3 aliphatic heterocycles. The number of hydrogen-bond acceptors (Lipinski definition) is 20. The van der Waals surface area contributed by atoms with Crippen molar-refractivity contribution in [2.45, 2.75) is 129 Å². The summed E-state index contributed by atoms with van der Waals surface area (Å²) in [5.74, 6) is 0.740. The zero-order valence-corrected chi connectivity index (χ0v) is 28.9. The summed E-state index contributed by atoms with van der Waals surface area (Å²) in [5.41, 5.74) is 31.6. The zero-order valence-electron chi connectivity index (χ0n) is 28.9. The van der Waals surface area contributed by atoms with Crippen LogP contribution in [0.3, 0.4) is 0 Å². The maximum atomic E-state index is 11.3. The first kappa shape index (κ1) is 41.4. The third-order valence-corrected chi connectivity index (χ3v) is 10.2. The predicted molar refractivity (Wildman–Crippen MR) is 179 cm³/mol. The smallest absolute Gasteiger partial charge is 0.187 e. The summed E-state index contributed by atoms with van der Waals surface area (Å²) in [6.45, 7) is -0.212. The van der Waals surface area contributed by atoms with Gasteiger partial charge in [0.15, 0.2) is 18.9 Å². The molecule has 5 rings (SSSR count). The molecule has 1 saturated carbocycles. The Kier molecular flexibility index (Phi) is 14.5. The van der Waals surface area contributed by atoms with Crippen LogP contribution in [-0.2, 0) is 34.8 Å². The molecule has 19 atom stereocenters. The molecule has 0 aromatic heterocycles. The summed E-state index contributed by atoms with van der Waals surface area (Å²) in [6, 6.07) is 3.32. The minimum absolute atomic E-state index is 0.0826. The molecule has 0 radical (unpaired) electrons. The second-order valence-corrected chi connectivity index (χ2v) is 13.8. The lowest BCUT2D eigenvalue weighted by atomic mass is 9.84. The number of para-hydroxylation sites is 1. The quantitative estimate of drug-likeness (QED) is 0.0786. The SMILES string of the molecule is COc1ccccc1CCNC[C@H]1O[C@H](O[C@H]2[C@H](O[C@@H]3O[C@H](CO)[C@@H](O[C@H]4OC(CN)[C@@H](O)[C@H](O)[C@H]4N)[C@H]3O)[C@@H](O)[C@H](N)C[C@@H]2N)[C@H](N)[C@@H](O)[C@@H]1O. The summed E-state index contributed by atoms with van der Waals surface area (Å²) < 4.78 is 41.0. The molecule has 4 fully saturated rings. The van der Waals surface area contributed by atoms with Crippen molar-refractivity contribution in [3.63, 3.8) is 0 Å². The Balaban J connectivity index is 1.25. The number of aliphatic hydroxyl groups is 7. The molecule has 1 aromatic rings. The fourth-order valence-corrected chi connectivity index (χ4v) is 7.09. The largest absolute Gasteiger partial charge is 0.496 e. The van der Waals surface area contributed by atoms with E-state index in [1.807, 2.05) is 24.3 Å². The first-order valence-electron chi connectivity index (χ1n) is 17.5. The van der Waals surface area contributed by atoms with Gasteiger partial charge in [0.05, 0.1) is 31.9 Å². The van der Waals surface area contributed by atoms with Gasteiger partial charge in [-0.3, -0.25) is 0 Å². The molecule has 1 aliphatic carbocycles. The maximum absolute atomic E-state index is 11.3. The number of ether oxygens (including phenoxy) is 7. The van der Waals surface area contributed by atoms with Gasteiger partial charge in [-0.2, -0.15) is 0 Å². The van der Waals surface area contributed by atoms with Gasteiger partial charge < -0.3 is 103 Å². The minimum atomic E-state index is -1.62. The number of hydrogen-bond donors (Lipinski definition) is 13. The Morgan fingerprint density at radius 3 is 1.90 bits per heavy atom. The van der Waals surface area contributed by atoms with Crippen LogP contribution in [0.5, 0.6) is 5.75 Å². The van der Waals surface area contributed by atoms with Crippen molar-refractivity contribution in [1.29, 1.82) is 0 Å². The van der Waals surface area contributed by atoms with E-state index < -0.39 is 123 Å². The topological polar surface area (TPSA) is 348 Å². The standard InChI is InChI=1S/C32H56N6O14/c1-46-15-5-3-2-4-12(15)6-7-38-10-17-23(42)25(44)20(37)31(48-17)50-27-14(35)8-13(34)21(40)29(27)52-32-26(45)28(18(11-39)49-32)51-30-19(36)24(43)22(41)16(9-33)47-30/h2-5,13-14,16-32,38-45H,6-11,33-37H2,1H3/t13-,14+,16?,17-,18-,19-,20-,21+,22-,23-,24-,25-,26-,27-,28-,29-,30-,31-,32+/m1/s1. The van der Waals surface area contributed by atoms with Crippen LogP contribution < -0.4 is 38.7 Å². The Labute approximate surface area is 301 Å². The van der Waals surface area contributed by atoms with Crippen molar-refractivity contribution in [3.8, 4) is 5.75 Å². The van der Waals surface area contributed by atoms with Gasteiger partial charge in [0.2, 0.25) is 0 Å². The average Bonchev–Trinajstić information content (AvgIpc) is 3.44. The van der Waals surface area contributed by atoms with Crippen molar-refractivity contribution in [1.82, 2.24) is 5.32 Å². The van der Waals surface area contributed by atoms with Gasteiger partial charge in [-0.1, -0.05) is 18.2 Å². The Morgan fingerprint density at radius 2 is 1.27 bits per heavy atom. The first-order valence-corrected chi connectivity index (χ1v) is 17.5. The summed E-state index contributed by atoms with van der Waals surface area (Å²) in [6.07, 6.45) is -19.3. The molecular formula is C32H56N6O14. The molecule has 20 heteroatoms. The molecule has 4 aliphatic rings. The van der Waals surface area contributed by atoms with Crippen LogP contribution in [-0.4, -0.2) is 185 Å². The van der Waals surface area contributed by atoms with E-state index in [-0.39, 0.29) is 19.5 Å². The van der Waals surface area contributed by atoms with Gasteiger partial charge in [-0.05, 0) is 31.0 Å². The van der Waals surface area contributed by atoms with Crippen molar-refractivity contribution in [2.75, 3.05) is 33.4 Å². The van der Waals surface area contributed by atoms with Crippen molar-refractivity contribution < 1.29 is 68.9 Å². The lowest BCUT2D eigenvalue weighted by molar-refractivity contribution is -0.307. The molecule has 0 bridgehead atoms. The second kappa shape index (κ2) is 18.3. The van der Waals surface area contributed by atoms with Crippen LogP contribution in [0.2, 0.25) is 0 Å². The lowest BCUT2D eigenvalue weighted by Crippen LogP contribution is -2.68. The Hall–Kier alpha value is -1.74. The van der Waals surface area contributed by atoms with Crippen LogP contribution in [0.15, 0.2) is 24.3 Å². The summed E-state index contributed by atoms with van der Waals surface area (Å²) >= 11 is 0. The highest BCUT2D eigenvalue weighted by Crippen LogP contribution is 2.34. The van der Waals surface area contributed by atoms with E-state index in [9.17, 15) is 35.7 Å². The average molecular weight is 749 g/mol. The third kappa shape index (κ3) is 8.87. The number of methoxy groups -OCH3 is 1. The Bertz CT molecular complexity index is 1260. The van der Waals surface area contributed by atoms with Gasteiger partial charge in [0.1, 0.15) is 72.9 Å². The molecule has 0 spiro atoms. The monoisotopic (exact) mass is 748 g/mol. The lowest BCUT2D eigenvalue weighted by Gasteiger charge is -2.47. The molecule has 18 N–H and O–H groups in total. The molecule has 298 valence electrons. The third-order valence-electron chi connectivity index (χ3n) is 10.2. The molecule has 52 heavy (non-hydrogen) atoms. The molecule has 20 nitrogen and oxygen atoms in total. The maximum Gasteiger partial charge on any atom is 0.187 e. The predicted octanol–water partition coefficient (Wildman–Crippen LogP) is -7.01. The van der Waals surface area contributed by atoms with Gasteiger partial charge in [-0.25, -0.2) is 0 Å². The zero-order chi connectivity index (χ0) is 37.9. The van der Waals surface area contributed by atoms with Crippen molar-refractivity contribution >= 4 is 0 Å². The Morgan fingerprint density at radius 1 is 0.692 bits per heavy atom. The fraction of sp³-hybridized carbons (Fsp3) is 0.812. The number of aliphatic hydroxyl groups excluding tert-OH is 7. The number of rotatable bonds is 14. The van der Waals surface area contributed by atoms with Gasteiger partial charge in [0, 0.05) is 25.2 Å². The first-order chi connectivity index (χ1) is 24.8. The second-order valence-electron chi connectivity index (χ2n) is 13.8. The van der Waals surface area contributed by atoms with Crippen LogP contribution in [0.4, 0.5) is 0 Å². The summed E-state index contributed by atoms with van der Waals surface area (Å²) in [7, 11) is 1.59. The number of benzene rings is 1. The van der Waals surface area contributed by atoms with E-state index in [1.54, 1.807) is 7.11 Å². The van der Waals surface area contributed by atoms with Crippen LogP contribution in [0, 0.1) is 0 Å². The molecule has 3 saturated heterocycles. The van der Waals surface area contributed by atoms with Gasteiger partial charge in [-0.15, -0.1) is 0 Å². The van der Waals surface area contributed by atoms with E-state index in [4.69, 9.17) is 61.8 Å². The highest BCUT2D eigenvalue weighted by atomic mass is 16.8. The van der Waals surface area contributed by atoms with E-state index in [0.717, 1.165) is 11.3 Å². The van der Waals surface area contributed by atoms with E-state index >= 15 is 0 Å². The molecule has 0 amide bonds. The highest BCUT2D eigenvalue weighted by Gasteiger charge is 2.54.